The van der Waals surface area contributed by atoms with Crippen molar-refractivity contribution in [2.24, 2.45) is 0 Å². The van der Waals surface area contributed by atoms with E-state index in [1.165, 1.54) is 0 Å². The molecule has 0 bridgehead atoms. The maximum atomic E-state index is 12.0. The Morgan fingerprint density at radius 3 is 2.33 bits per heavy atom. The molecule has 15 heavy (non-hydrogen) atoms. The lowest BCUT2D eigenvalue weighted by molar-refractivity contribution is -0.139. The van der Waals surface area contributed by atoms with Crippen LogP contribution in [0.5, 0.6) is 0 Å². The van der Waals surface area contributed by atoms with Crippen molar-refractivity contribution in [2.45, 2.75) is 19.0 Å². The zero-order valence-corrected chi connectivity index (χ0v) is 8.14. The summed E-state index contributed by atoms with van der Waals surface area (Å²) in [6, 6.07) is 0. The monoisotopic (exact) mass is 227 g/mol. The molecule has 0 aliphatic carbocycles. The van der Waals surface area contributed by atoms with Crippen LogP contribution in [0.15, 0.2) is 0 Å². The van der Waals surface area contributed by atoms with Crippen molar-refractivity contribution in [3.05, 3.63) is 0 Å². The van der Waals surface area contributed by atoms with Gasteiger partial charge in [-0.15, -0.1) is 0 Å². The number of carboxylic acids is 1. The van der Waals surface area contributed by atoms with Gasteiger partial charge in [-0.25, -0.2) is 8.78 Å². The van der Waals surface area contributed by atoms with Gasteiger partial charge in [-0.1, -0.05) is 0 Å². The number of aliphatic hydroxyl groups is 2. The van der Waals surface area contributed by atoms with Gasteiger partial charge in [-0.05, 0) is 0 Å². The van der Waals surface area contributed by atoms with Gasteiger partial charge in [0.05, 0.1) is 25.7 Å². The molecule has 0 aromatic rings. The maximum Gasteiger partial charge on any atom is 0.306 e. The van der Waals surface area contributed by atoms with Gasteiger partial charge < -0.3 is 15.3 Å². The zero-order chi connectivity index (χ0) is 11.8. The summed E-state index contributed by atoms with van der Waals surface area (Å²) in [7, 11) is 0. The van der Waals surface area contributed by atoms with E-state index in [1.807, 2.05) is 0 Å². The van der Waals surface area contributed by atoms with Crippen molar-refractivity contribution < 1.29 is 28.9 Å². The number of aliphatic carboxylic acids is 1. The summed E-state index contributed by atoms with van der Waals surface area (Å²) in [5.41, 5.74) is 0. The van der Waals surface area contributed by atoms with Crippen molar-refractivity contribution in [3.8, 4) is 0 Å². The lowest BCUT2D eigenvalue weighted by Gasteiger charge is -2.22. The van der Waals surface area contributed by atoms with E-state index in [1.54, 1.807) is 0 Å². The van der Waals surface area contributed by atoms with Crippen molar-refractivity contribution in [2.75, 3.05) is 26.2 Å². The number of aliphatic hydroxyl groups excluding tert-OH is 2. The highest BCUT2D eigenvalue weighted by atomic mass is 19.3. The number of hydrogen-bond acceptors (Lipinski definition) is 4. The Bertz CT molecular complexity index is 191. The van der Waals surface area contributed by atoms with Gasteiger partial charge in [-0.3, -0.25) is 9.69 Å². The Kier molecular flexibility index (Phi) is 7.10. The van der Waals surface area contributed by atoms with E-state index in [9.17, 15) is 18.7 Å². The van der Waals surface area contributed by atoms with E-state index >= 15 is 0 Å². The van der Waals surface area contributed by atoms with Crippen LogP contribution in [0.2, 0.25) is 0 Å². The molecule has 0 saturated carbocycles. The van der Waals surface area contributed by atoms with Crippen molar-refractivity contribution in [1.82, 2.24) is 4.90 Å². The van der Waals surface area contributed by atoms with Crippen LogP contribution in [0.4, 0.5) is 8.78 Å². The Hall–Kier alpha value is -0.790. The highest BCUT2D eigenvalue weighted by Gasteiger charge is 2.17. The minimum absolute atomic E-state index is 0.0129. The molecule has 7 heteroatoms. The second-order valence-electron chi connectivity index (χ2n) is 3.13. The molecule has 0 aliphatic rings. The van der Waals surface area contributed by atoms with Crippen molar-refractivity contribution >= 4 is 5.97 Å². The zero-order valence-electron chi connectivity index (χ0n) is 8.14. The lowest BCUT2D eigenvalue weighted by atomic mass is 10.2. The maximum absolute atomic E-state index is 12.0. The fourth-order valence-corrected chi connectivity index (χ4v) is 1.16. The summed E-state index contributed by atoms with van der Waals surface area (Å²) in [4.78, 5) is 11.3. The average Bonchev–Trinajstić information content (AvgIpc) is 2.00. The van der Waals surface area contributed by atoms with E-state index in [2.05, 4.69) is 0 Å². The van der Waals surface area contributed by atoms with Gasteiger partial charge in [0.1, 0.15) is 0 Å². The van der Waals surface area contributed by atoms with E-state index < -0.39 is 31.5 Å². The molecule has 3 N–H and O–H groups in total. The Balaban J connectivity index is 3.97. The molecule has 1 atom stereocenters. The quantitative estimate of drug-likeness (QED) is 0.515. The highest BCUT2D eigenvalue weighted by Crippen LogP contribution is 2.01. The van der Waals surface area contributed by atoms with Crippen LogP contribution in [0, 0.1) is 0 Å². The van der Waals surface area contributed by atoms with E-state index in [0.29, 0.717) is 0 Å². The summed E-state index contributed by atoms with van der Waals surface area (Å²) < 4.78 is 24.0. The molecule has 0 heterocycles. The summed E-state index contributed by atoms with van der Waals surface area (Å²) in [5, 5.41) is 26.1. The van der Waals surface area contributed by atoms with E-state index in [-0.39, 0.29) is 19.7 Å². The third-order valence-electron chi connectivity index (χ3n) is 1.69. The minimum atomic E-state index is -2.58. The number of alkyl halides is 2. The van der Waals surface area contributed by atoms with Crippen LogP contribution < -0.4 is 0 Å². The summed E-state index contributed by atoms with van der Waals surface area (Å²) >= 11 is 0. The van der Waals surface area contributed by atoms with Gasteiger partial charge in [-0.2, -0.15) is 0 Å². The average molecular weight is 227 g/mol. The first-order valence-corrected chi connectivity index (χ1v) is 4.47. The molecule has 0 fully saturated rings. The van der Waals surface area contributed by atoms with Crippen LogP contribution in [0.25, 0.3) is 0 Å². The predicted molar refractivity (Wildman–Crippen MR) is 47.8 cm³/mol. The van der Waals surface area contributed by atoms with Crippen LogP contribution in [-0.4, -0.2) is 65.0 Å². The fourth-order valence-electron chi connectivity index (χ4n) is 1.16. The van der Waals surface area contributed by atoms with E-state index in [4.69, 9.17) is 10.2 Å². The van der Waals surface area contributed by atoms with Crippen LogP contribution in [-0.2, 0) is 4.79 Å². The van der Waals surface area contributed by atoms with Crippen molar-refractivity contribution in [3.63, 3.8) is 0 Å². The molecule has 0 spiro atoms. The number of nitrogens with zero attached hydrogens (tertiary/aromatic N) is 1. The van der Waals surface area contributed by atoms with Crippen molar-refractivity contribution in [1.29, 1.82) is 0 Å². The highest BCUT2D eigenvalue weighted by molar-refractivity contribution is 5.67. The second-order valence-corrected chi connectivity index (χ2v) is 3.13. The molecule has 0 aromatic carbocycles. The molecule has 0 saturated heterocycles. The normalized spacial score (nSPS) is 13.5. The molecule has 1 unspecified atom stereocenters. The van der Waals surface area contributed by atoms with Crippen LogP contribution in [0.1, 0.15) is 6.42 Å². The Morgan fingerprint density at radius 1 is 1.33 bits per heavy atom. The molecular weight excluding hydrogens is 212 g/mol. The molecular formula is C8H15F2NO4. The third kappa shape index (κ3) is 8.22. The predicted octanol–water partition coefficient (Wildman–Crippen LogP) is -0.619. The third-order valence-corrected chi connectivity index (χ3v) is 1.69. The molecule has 0 aromatic heterocycles. The molecule has 0 radical (unpaired) electrons. The first-order valence-electron chi connectivity index (χ1n) is 4.47. The number of halogens is 2. The SMILES string of the molecule is O=C(O)CC(O)CN(CCO)CC(F)F. The Morgan fingerprint density at radius 2 is 1.93 bits per heavy atom. The largest absolute Gasteiger partial charge is 0.481 e. The minimum Gasteiger partial charge on any atom is -0.481 e. The summed E-state index contributed by atoms with van der Waals surface area (Å²) in [6.07, 6.45) is -4.27. The number of rotatable bonds is 8. The fraction of sp³-hybridized carbons (Fsp3) is 0.875. The van der Waals surface area contributed by atoms with Gasteiger partial charge in [0.2, 0.25) is 0 Å². The standard InChI is InChI=1S/C8H15F2NO4/c9-7(10)5-11(1-2-12)4-6(13)3-8(14)15/h6-7,12-13H,1-5H2,(H,14,15). The molecule has 0 aliphatic heterocycles. The Labute approximate surface area is 85.9 Å². The van der Waals surface area contributed by atoms with Gasteiger partial charge in [0.25, 0.3) is 6.43 Å². The van der Waals surface area contributed by atoms with Gasteiger partial charge in [0.15, 0.2) is 0 Å². The molecule has 5 nitrogen and oxygen atoms in total. The molecule has 90 valence electrons. The van der Waals surface area contributed by atoms with Crippen LogP contribution in [0.3, 0.4) is 0 Å². The van der Waals surface area contributed by atoms with Gasteiger partial charge in [0, 0.05) is 13.1 Å². The molecule has 0 amide bonds. The summed E-state index contributed by atoms with van der Waals surface area (Å²) in [5.74, 6) is -1.19. The first kappa shape index (κ1) is 14.2. The lowest BCUT2D eigenvalue weighted by Crippen LogP contribution is -2.38. The topological polar surface area (TPSA) is 81.0 Å². The second kappa shape index (κ2) is 7.49. The molecule has 0 rings (SSSR count). The number of hydrogen-bond donors (Lipinski definition) is 3. The summed E-state index contributed by atoms with van der Waals surface area (Å²) in [6.45, 7) is -1.10. The smallest absolute Gasteiger partial charge is 0.306 e. The van der Waals surface area contributed by atoms with Crippen LogP contribution >= 0.6 is 0 Å². The van der Waals surface area contributed by atoms with Gasteiger partial charge >= 0.3 is 5.97 Å². The first-order chi connectivity index (χ1) is 6.95. The number of carbonyl (C=O) groups is 1. The van der Waals surface area contributed by atoms with E-state index in [0.717, 1.165) is 4.90 Å². The number of carboxylic acid groups (broad SMARTS) is 1.